The number of aliphatic hydroxyl groups is 1. The smallest absolute Gasteiger partial charge is 0.126 e. The molecule has 1 saturated heterocycles. The van der Waals surface area contributed by atoms with Crippen LogP contribution >= 0.6 is 11.8 Å². The van der Waals surface area contributed by atoms with Crippen molar-refractivity contribution in [3.63, 3.8) is 0 Å². The summed E-state index contributed by atoms with van der Waals surface area (Å²) >= 11 is 1.77. The van der Waals surface area contributed by atoms with Crippen LogP contribution in [-0.4, -0.2) is 59.1 Å². The molecular weight excluding hydrogens is 449 g/mol. The third-order valence-electron chi connectivity index (χ3n) is 7.10. The van der Waals surface area contributed by atoms with Gasteiger partial charge in [-0.25, -0.2) is 9.37 Å². The first-order valence-electron chi connectivity index (χ1n) is 12.0. The molecule has 5 nitrogen and oxygen atoms in total. The van der Waals surface area contributed by atoms with E-state index in [0.29, 0.717) is 24.2 Å². The second-order valence-electron chi connectivity index (χ2n) is 9.26. The molecule has 2 aromatic heterocycles. The van der Waals surface area contributed by atoms with Crippen LogP contribution in [0.3, 0.4) is 0 Å². The number of hydrogen-bond donors (Lipinski definition) is 1. The van der Waals surface area contributed by atoms with E-state index in [0.717, 1.165) is 59.7 Å². The van der Waals surface area contributed by atoms with E-state index in [1.165, 1.54) is 0 Å². The normalized spacial score (nSPS) is 17.1. The molecule has 0 bridgehead atoms. The number of benzene rings is 1. The zero-order valence-electron chi connectivity index (χ0n) is 20.0. The monoisotopic (exact) mass is 483 g/mol. The molecule has 1 fully saturated rings. The minimum absolute atomic E-state index is 0.111. The first-order valence-corrected chi connectivity index (χ1v) is 13.0. The molecule has 4 rings (SSSR count). The summed E-state index contributed by atoms with van der Waals surface area (Å²) in [5.41, 5.74) is 2.12. The molecule has 3 aromatic rings. The largest absolute Gasteiger partial charge is 0.497 e. The summed E-state index contributed by atoms with van der Waals surface area (Å²) in [4.78, 5) is 11.3. The second kappa shape index (κ2) is 11.5. The van der Waals surface area contributed by atoms with E-state index in [-0.39, 0.29) is 12.0 Å². The Morgan fingerprint density at radius 1 is 1.21 bits per heavy atom. The predicted molar refractivity (Wildman–Crippen MR) is 136 cm³/mol. The fraction of sp³-hybridized carbons (Fsp3) is 0.481. The molecule has 1 aliphatic heterocycles. The van der Waals surface area contributed by atoms with Gasteiger partial charge < -0.3 is 14.7 Å². The van der Waals surface area contributed by atoms with Crippen LogP contribution in [0.1, 0.15) is 43.0 Å². The van der Waals surface area contributed by atoms with Gasteiger partial charge in [0.15, 0.2) is 0 Å². The van der Waals surface area contributed by atoms with Crippen molar-refractivity contribution in [1.82, 2.24) is 14.9 Å². The number of alkyl halides is 1. The van der Waals surface area contributed by atoms with Crippen LogP contribution in [0, 0.1) is 12.3 Å². The van der Waals surface area contributed by atoms with E-state index in [2.05, 4.69) is 14.9 Å². The Morgan fingerprint density at radius 2 is 2.03 bits per heavy atom. The summed E-state index contributed by atoms with van der Waals surface area (Å²) in [6.07, 6.45) is 5.34. The number of ether oxygens (including phenoxy) is 1. The number of aromatic nitrogens is 2. The highest BCUT2D eigenvalue weighted by Gasteiger charge is 2.35. The van der Waals surface area contributed by atoms with Gasteiger partial charge >= 0.3 is 0 Å². The van der Waals surface area contributed by atoms with Gasteiger partial charge in [-0.2, -0.15) is 0 Å². The van der Waals surface area contributed by atoms with E-state index in [9.17, 15) is 5.11 Å². The Hall–Kier alpha value is -2.22. The molecule has 1 aromatic carbocycles. The molecule has 0 saturated carbocycles. The van der Waals surface area contributed by atoms with E-state index >= 15 is 4.39 Å². The van der Waals surface area contributed by atoms with Crippen LogP contribution in [0.25, 0.3) is 10.9 Å². The summed E-state index contributed by atoms with van der Waals surface area (Å²) in [6.45, 7) is 4.90. The molecule has 0 unspecified atom stereocenters. The number of aliphatic hydroxyl groups excluding tert-OH is 1. The lowest BCUT2D eigenvalue weighted by molar-refractivity contribution is 0.0323. The van der Waals surface area contributed by atoms with Gasteiger partial charge in [-0.05, 0) is 92.6 Å². The molecule has 1 atom stereocenters. The minimum Gasteiger partial charge on any atom is -0.497 e. The van der Waals surface area contributed by atoms with Crippen LogP contribution in [0.15, 0.2) is 53.8 Å². The van der Waals surface area contributed by atoms with Crippen LogP contribution in [0.4, 0.5) is 4.39 Å². The van der Waals surface area contributed by atoms with Crippen LogP contribution in [-0.2, 0) is 0 Å². The van der Waals surface area contributed by atoms with E-state index < -0.39 is 6.17 Å². The SMILES string of the molecule is COc1ccc2ncc(C)c([C@@H](F)CCC3(CO)CCN(CCSc4ccccn4)CC3)c2c1. The molecule has 0 spiro atoms. The van der Waals surface area contributed by atoms with E-state index in [4.69, 9.17) is 4.74 Å². The molecule has 0 amide bonds. The number of likely N-dealkylation sites (tertiary alicyclic amines) is 1. The molecule has 3 heterocycles. The van der Waals surface area contributed by atoms with Gasteiger partial charge in [0.2, 0.25) is 0 Å². The zero-order valence-corrected chi connectivity index (χ0v) is 20.9. The van der Waals surface area contributed by atoms with Gasteiger partial charge in [-0.15, -0.1) is 11.8 Å². The van der Waals surface area contributed by atoms with Gasteiger partial charge in [0.25, 0.3) is 0 Å². The molecular formula is C27H34FN3O2S. The molecule has 0 aliphatic carbocycles. The number of rotatable bonds is 10. The molecule has 1 N–H and O–H groups in total. The van der Waals surface area contributed by atoms with Crippen molar-refractivity contribution in [3.05, 3.63) is 59.9 Å². The lowest BCUT2D eigenvalue weighted by atomic mass is 9.74. The minimum atomic E-state index is -1.10. The van der Waals surface area contributed by atoms with Gasteiger partial charge in [-0.3, -0.25) is 4.98 Å². The first-order chi connectivity index (χ1) is 16.5. The van der Waals surface area contributed by atoms with Crippen LogP contribution in [0.5, 0.6) is 5.75 Å². The summed E-state index contributed by atoms with van der Waals surface area (Å²) < 4.78 is 21.0. The fourth-order valence-corrected chi connectivity index (χ4v) is 5.73. The Kier molecular flexibility index (Phi) is 8.40. The molecule has 0 radical (unpaired) electrons. The number of halogens is 1. The summed E-state index contributed by atoms with van der Waals surface area (Å²) in [5.74, 6) is 1.70. The zero-order chi connectivity index (χ0) is 24.0. The highest BCUT2D eigenvalue weighted by molar-refractivity contribution is 7.99. The highest BCUT2D eigenvalue weighted by atomic mass is 32.2. The van der Waals surface area contributed by atoms with Crippen molar-refractivity contribution >= 4 is 22.7 Å². The Bertz CT molecular complexity index is 1070. The van der Waals surface area contributed by atoms with Crippen molar-refractivity contribution in [3.8, 4) is 5.75 Å². The maximum absolute atomic E-state index is 15.7. The van der Waals surface area contributed by atoms with Gasteiger partial charge in [0.1, 0.15) is 11.9 Å². The van der Waals surface area contributed by atoms with Crippen LogP contribution in [0.2, 0.25) is 0 Å². The average Bonchev–Trinajstić information content (AvgIpc) is 2.88. The highest BCUT2D eigenvalue weighted by Crippen LogP contribution is 2.41. The number of piperidine rings is 1. The van der Waals surface area contributed by atoms with Gasteiger partial charge in [-0.1, -0.05) is 6.07 Å². The predicted octanol–water partition coefficient (Wildman–Crippen LogP) is 5.60. The molecule has 182 valence electrons. The Labute approximate surface area is 205 Å². The molecule has 7 heteroatoms. The lowest BCUT2D eigenvalue weighted by Gasteiger charge is -2.41. The Morgan fingerprint density at radius 3 is 2.74 bits per heavy atom. The number of nitrogens with zero attached hydrogens (tertiary/aromatic N) is 3. The summed E-state index contributed by atoms with van der Waals surface area (Å²) in [6, 6.07) is 11.6. The van der Waals surface area contributed by atoms with Crippen molar-refractivity contribution in [2.45, 2.75) is 43.8 Å². The number of aryl methyl sites for hydroxylation is 1. The quantitative estimate of drug-likeness (QED) is 0.379. The number of fused-ring (bicyclic) bond motifs is 1. The van der Waals surface area contributed by atoms with E-state index in [1.807, 2.05) is 49.5 Å². The molecule has 1 aliphatic rings. The number of thioether (sulfide) groups is 1. The summed E-state index contributed by atoms with van der Waals surface area (Å²) in [5, 5.41) is 12.1. The van der Waals surface area contributed by atoms with Crippen LogP contribution < -0.4 is 4.74 Å². The standard InChI is InChI=1S/C27H34FN3O2S/c1-20-18-30-24-7-6-21(33-2)17-22(24)26(20)23(28)8-9-27(19-32)10-13-31(14-11-27)15-16-34-25-5-3-4-12-29-25/h3-7,12,17-18,23,32H,8-11,13-16,19H2,1-2H3/t23-/m0/s1. The average molecular weight is 484 g/mol. The number of pyridine rings is 2. The maximum Gasteiger partial charge on any atom is 0.126 e. The first kappa shape index (κ1) is 24.9. The van der Waals surface area contributed by atoms with Crippen molar-refractivity contribution in [2.24, 2.45) is 5.41 Å². The third-order valence-corrected chi connectivity index (χ3v) is 8.03. The maximum atomic E-state index is 15.7. The Balaban J connectivity index is 1.34. The molecule has 34 heavy (non-hydrogen) atoms. The van der Waals surface area contributed by atoms with Gasteiger partial charge in [0, 0.05) is 36.7 Å². The van der Waals surface area contributed by atoms with E-state index in [1.54, 1.807) is 25.1 Å². The summed E-state index contributed by atoms with van der Waals surface area (Å²) in [7, 11) is 1.62. The number of methoxy groups -OCH3 is 1. The topological polar surface area (TPSA) is 58.5 Å². The number of hydrogen-bond acceptors (Lipinski definition) is 6. The fourth-order valence-electron chi connectivity index (χ4n) is 4.86. The van der Waals surface area contributed by atoms with Crippen molar-refractivity contribution < 1.29 is 14.2 Å². The van der Waals surface area contributed by atoms with Gasteiger partial charge in [0.05, 0.1) is 17.7 Å². The lowest BCUT2D eigenvalue weighted by Crippen LogP contribution is -2.42. The van der Waals surface area contributed by atoms with Crippen molar-refractivity contribution in [2.75, 3.05) is 39.1 Å². The third kappa shape index (κ3) is 5.88. The van der Waals surface area contributed by atoms with Crippen molar-refractivity contribution in [1.29, 1.82) is 0 Å². The second-order valence-corrected chi connectivity index (χ2v) is 10.4.